The Bertz CT molecular complexity index is 458. The minimum Gasteiger partial charge on any atom is -0.368 e. The second-order valence-electron chi connectivity index (χ2n) is 5.99. The Kier molecular flexibility index (Phi) is 4.30. The van der Waals surface area contributed by atoms with E-state index in [0.717, 1.165) is 17.4 Å². The number of thioether (sulfide) groups is 2. The number of hydrogen-bond acceptors (Lipinski definition) is 6. The van der Waals surface area contributed by atoms with Crippen molar-refractivity contribution in [2.75, 3.05) is 11.5 Å². The fraction of sp³-hybridized carbons (Fsp3) is 0.769. The van der Waals surface area contributed by atoms with Crippen LogP contribution in [0.2, 0.25) is 0 Å². The molecule has 0 radical (unpaired) electrons. The molecule has 0 aromatic carbocycles. The van der Waals surface area contributed by atoms with E-state index in [1.54, 1.807) is 0 Å². The molecule has 3 atom stereocenters. The van der Waals surface area contributed by atoms with E-state index in [2.05, 4.69) is 49.6 Å². The molecule has 0 spiro atoms. The van der Waals surface area contributed by atoms with Gasteiger partial charge in [-0.3, -0.25) is 0 Å². The summed E-state index contributed by atoms with van der Waals surface area (Å²) in [5.41, 5.74) is 5.75. The zero-order valence-corrected chi connectivity index (χ0v) is 13.8. The molecule has 106 valence electrons. The fourth-order valence-electron chi connectivity index (χ4n) is 1.81. The Morgan fingerprint density at radius 2 is 1.79 bits per heavy atom. The molecule has 0 amide bonds. The third-order valence-corrected chi connectivity index (χ3v) is 6.57. The van der Waals surface area contributed by atoms with Gasteiger partial charge in [-0.15, -0.1) is 11.8 Å². The topological polar surface area (TPSA) is 64.7 Å². The summed E-state index contributed by atoms with van der Waals surface area (Å²) in [5, 5.41) is 1.62. The zero-order chi connectivity index (χ0) is 14.2. The van der Waals surface area contributed by atoms with Gasteiger partial charge in [-0.1, -0.05) is 34.6 Å². The van der Waals surface area contributed by atoms with Gasteiger partial charge in [0.05, 0.1) is 5.25 Å². The van der Waals surface area contributed by atoms with Crippen LogP contribution in [0.25, 0.3) is 0 Å². The Morgan fingerprint density at radius 1 is 1.11 bits per heavy atom. The number of nitrogens with two attached hydrogens (primary N) is 1. The molecule has 3 unspecified atom stereocenters. The van der Waals surface area contributed by atoms with Crippen LogP contribution < -0.4 is 5.73 Å². The van der Waals surface area contributed by atoms with Gasteiger partial charge in [0.25, 0.3) is 0 Å². The first-order chi connectivity index (χ1) is 8.77. The third-order valence-electron chi connectivity index (χ3n) is 3.18. The van der Waals surface area contributed by atoms with Gasteiger partial charge in [0.2, 0.25) is 5.95 Å². The van der Waals surface area contributed by atoms with E-state index in [4.69, 9.17) is 5.73 Å². The molecular formula is C13H22N4S2. The maximum atomic E-state index is 5.85. The summed E-state index contributed by atoms with van der Waals surface area (Å²) >= 11 is 3.93. The lowest BCUT2D eigenvalue weighted by molar-refractivity contribution is 0.537. The van der Waals surface area contributed by atoms with E-state index < -0.39 is 0 Å². The zero-order valence-electron chi connectivity index (χ0n) is 12.2. The Morgan fingerprint density at radius 3 is 2.37 bits per heavy atom. The maximum Gasteiger partial charge on any atom is 0.223 e. The summed E-state index contributed by atoms with van der Waals surface area (Å²) in [4.78, 5) is 13.3. The van der Waals surface area contributed by atoms with E-state index in [1.165, 1.54) is 0 Å². The lowest BCUT2D eigenvalue weighted by Gasteiger charge is -2.30. The third kappa shape index (κ3) is 3.54. The molecule has 1 fully saturated rings. The molecule has 19 heavy (non-hydrogen) atoms. The molecule has 1 aromatic rings. The number of hydrogen-bond donors (Lipinski definition) is 1. The van der Waals surface area contributed by atoms with Crippen molar-refractivity contribution in [2.45, 2.75) is 55.8 Å². The molecule has 4 nitrogen and oxygen atoms in total. The molecule has 1 aliphatic heterocycles. The fourth-order valence-corrected chi connectivity index (χ4v) is 4.65. The molecule has 1 aromatic heterocycles. The standard InChI is InChI=1S/C13H22N4S2/c1-7-8(2)19-9(6-18-7)10-15-11(13(3,4)5)17-12(14)16-10/h7-9H,6H2,1-5H3,(H2,14,15,16,17). The largest absolute Gasteiger partial charge is 0.368 e. The number of rotatable bonds is 1. The lowest BCUT2D eigenvalue weighted by atomic mass is 9.96. The van der Waals surface area contributed by atoms with Crippen molar-refractivity contribution in [3.63, 3.8) is 0 Å². The number of nitrogens with zero attached hydrogens (tertiary/aromatic N) is 3. The molecule has 1 saturated heterocycles. The number of aromatic nitrogens is 3. The highest BCUT2D eigenvalue weighted by atomic mass is 32.2. The summed E-state index contributed by atoms with van der Waals surface area (Å²) in [6, 6.07) is 0. The van der Waals surface area contributed by atoms with Crippen molar-refractivity contribution in [3.05, 3.63) is 11.6 Å². The second kappa shape index (κ2) is 5.48. The van der Waals surface area contributed by atoms with Crippen LogP contribution in [0.1, 0.15) is 51.5 Å². The number of anilines is 1. The number of nitrogen functional groups attached to an aromatic ring is 1. The van der Waals surface area contributed by atoms with E-state index in [-0.39, 0.29) is 5.41 Å². The van der Waals surface area contributed by atoms with Crippen LogP contribution in [-0.4, -0.2) is 31.2 Å². The predicted molar refractivity (Wildman–Crippen MR) is 84.7 cm³/mol. The molecule has 6 heteroatoms. The summed E-state index contributed by atoms with van der Waals surface area (Å²) < 4.78 is 0. The Hall–Kier alpha value is -0.490. The molecule has 2 heterocycles. The summed E-state index contributed by atoms with van der Waals surface area (Å²) in [5.74, 6) is 3.01. The van der Waals surface area contributed by atoms with Gasteiger partial charge in [-0.25, -0.2) is 4.98 Å². The van der Waals surface area contributed by atoms with Crippen LogP contribution in [0.15, 0.2) is 0 Å². The first-order valence-electron chi connectivity index (χ1n) is 6.56. The molecule has 0 bridgehead atoms. The van der Waals surface area contributed by atoms with Crippen molar-refractivity contribution < 1.29 is 0 Å². The highest BCUT2D eigenvalue weighted by Crippen LogP contribution is 2.43. The second-order valence-corrected chi connectivity index (χ2v) is 8.99. The molecule has 0 aliphatic carbocycles. The van der Waals surface area contributed by atoms with E-state index in [0.29, 0.717) is 21.7 Å². The van der Waals surface area contributed by atoms with Gasteiger partial charge < -0.3 is 5.73 Å². The van der Waals surface area contributed by atoms with Crippen LogP contribution in [0.4, 0.5) is 5.95 Å². The van der Waals surface area contributed by atoms with Crippen LogP contribution in [-0.2, 0) is 5.41 Å². The molecule has 2 N–H and O–H groups in total. The van der Waals surface area contributed by atoms with Gasteiger partial charge in [0, 0.05) is 21.7 Å². The predicted octanol–water partition coefficient (Wildman–Crippen LogP) is 3.05. The first-order valence-corrected chi connectivity index (χ1v) is 8.55. The van der Waals surface area contributed by atoms with E-state index >= 15 is 0 Å². The Labute approximate surface area is 123 Å². The molecule has 2 rings (SSSR count). The Balaban J connectivity index is 2.28. The first kappa shape index (κ1) is 14.9. The average molecular weight is 298 g/mol. The van der Waals surface area contributed by atoms with E-state index in [9.17, 15) is 0 Å². The van der Waals surface area contributed by atoms with Crippen LogP contribution in [0, 0.1) is 0 Å². The highest BCUT2D eigenvalue weighted by molar-refractivity contribution is 8.07. The van der Waals surface area contributed by atoms with Crippen molar-refractivity contribution in [2.24, 2.45) is 0 Å². The minimum atomic E-state index is -0.100. The maximum absolute atomic E-state index is 5.85. The quantitative estimate of drug-likeness (QED) is 0.859. The summed E-state index contributed by atoms with van der Waals surface area (Å²) in [7, 11) is 0. The van der Waals surface area contributed by atoms with Crippen molar-refractivity contribution >= 4 is 29.5 Å². The van der Waals surface area contributed by atoms with Gasteiger partial charge in [0.1, 0.15) is 11.6 Å². The molecular weight excluding hydrogens is 276 g/mol. The average Bonchev–Trinajstić information content (AvgIpc) is 2.31. The van der Waals surface area contributed by atoms with Gasteiger partial charge in [-0.05, 0) is 0 Å². The summed E-state index contributed by atoms with van der Waals surface area (Å²) in [6.45, 7) is 10.8. The van der Waals surface area contributed by atoms with Crippen LogP contribution >= 0.6 is 23.5 Å². The SMILES string of the molecule is CC1SCC(c2nc(N)nc(C(C)(C)C)n2)SC1C. The summed E-state index contributed by atoms with van der Waals surface area (Å²) in [6.07, 6.45) is 0. The van der Waals surface area contributed by atoms with Crippen LogP contribution in [0.3, 0.4) is 0 Å². The van der Waals surface area contributed by atoms with Crippen molar-refractivity contribution in [3.8, 4) is 0 Å². The van der Waals surface area contributed by atoms with Crippen molar-refractivity contribution in [1.29, 1.82) is 0 Å². The monoisotopic (exact) mass is 298 g/mol. The van der Waals surface area contributed by atoms with Gasteiger partial charge >= 0.3 is 0 Å². The normalized spacial score (nSPS) is 28.4. The van der Waals surface area contributed by atoms with Gasteiger partial charge in [-0.2, -0.15) is 21.7 Å². The molecule has 0 saturated carbocycles. The van der Waals surface area contributed by atoms with Crippen molar-refractivity contribution in [1.82, 2.24) is 15.0 Å². The minimum absolute atomic E-state index is 0.100. The van der Waals surface area contributed by atoms with E-state index in [1.807, 2.05) is 23.5 Å². The lowest BCUT2D eigenvalue weighted by Crippen LogP contribution is -2.25. The smallest absolute Gasteiger partial charge is 0.223 e. The molecule has 1 aliphatic rings. The van der Waals surface area contributed by atoms with Crippen LogP contribution in [0.5, 0.6) is 0 Å². The highest BCUT2D eigenvalue weighted by Gasteiger charge is 2.30. The van der Waals surface area contributed by atoms with Gasteiger partial charge in [0.15, 0.2) is 0 Å².